The molecule has 1 fully saturated rings. The van der Waals surface area contributed by atoms with Crippen LogP contribution in [0.1, 0.15) is 135 Å². The molecular formula is C34H69N5O3. The van der Waals surface area contributed by atoms with Gasteiger partial charge >= 0.3 is 6.03 Å². The van der Waals surface area contributed by atoms with Crippen molar-refractivity contribution in [1.29, 1.82) is 0 Å². The van der Waals surface area contributed by atoms with E-state index in [0.717, 1.165) is 58.1 Å². The summed E-state index contributed by atoms with van der Waals surface area (Å²) in [7, 11) is 8.28. The van der Waals surface area contributed by atoms with E-state index in [2.05, 4.69) is 36.1 Å². The van der Waals surface area contributed by atoms with Gasteiger partial charge in [-0.3, -0.25) is 9.63 Å². The van der Waals surface area contributed by atoms with Crippen LogP contribution in [0.4, 0.5) is 4.79 Å². The van der Waals surface area contributed by atoms with Crippen LogP contribution in [-0.2, 0) is 9.63 Å². The van der Waals surface area contributed by atoms with E-state index >= 15 is 0 Å². The third-order valence-corrected chi connectivity index (χ3v) is 8.80. The fraction of sp³-hybridized carbons (Fsp3) is 0.941. The highest BCUT2D eigenvalue weighted by molar-refractivity contribution is 5.74. The summed E-state index contributed by atoms with van der Waals surface area (Å²) in [5.74, 6) is 0. The summed E-state index contributed by atoms with van der Waals surface area (Å²) >= 11 is 0. The van der Waals surface area contributed by atoms with Gasteiger partial charge in [-0.15, -0.1) is 0 Å². The zero-order valence-electron chi connectivity index (χ0n) is 28.4. The SMILES string of the molecule is CCCCCCCCCCCCCCCCCCNC(=O)N1CCC(N(C)C)CC1CCON(C=O)CCCN(C)C. The molecule has 1 N–H and O–H groups in total. The number of carbonyl (C=O) groups excluding carboxylic acids is 2. The average Bonchev–Trinajstić information content (AvgIpc) is 2.97. The maximum Gasteiger partial charge on any atom is 0.317 e. The molecule has 8 nitrogen and oxygen atoms in total. The Morgan fingerprint density at radius 3 is 1.86 bits per heavy atom. The van der Waals surface area contributed by atoms with Crippen LogP contribution in [0, 0.1) is 0 Å². The number of hydroxylamine groups is 2. The molecule has 3 amide bonds. The maximum atomic E-state index is 13.1. The van der Waals surface area contributed by atoms with Crippen LogP contribution >= 0.6 is 0 Å². The third-order valence-electron chi connectivity index (χ3n) is 8.80. The van der Waals surface area contributed by atoms with Gasteiger partial charge in [-0.2, -0.15) is 0 Å². The van der Waals surface area contributed by atoms with Gasteiger partial charge in [0.1, 0.15) is 0 Å². The lowest BCUT2D eigenvalue weighted by atomic mass is 9.94. The zero-order chi connectivity index (χ0) is 30.8. The fourth-order valence-electron chi connectivity index (χ4n) is 6.01. The summed E-state index contributed by atoms with van der Waals surface area (Å²) in [6.45, 7) is 5.72. The lowest BCUT2D eigenvalue weighted by Gasteiger charge is -2.41. The Hall–Kier alpha value is -1.38. The van der Waals surface area contributed by atoms with Crippen molar-refractivity contribution in [1.82, 2.24) is 25.1 Å². The highest BCUT2D eigenvalue weighted by atomic mass is 16.7. The quantitative estimate of drug-likeness (QED) is 0.0624. The van der Waals surface area contributed by atoms with Gasteiger partial charge in [0, 0.05) is 31.7 Å². The molecule has 8 heteroatoms. The van der Waals surface area contributed by atoms with E-state index in [0.29, 0.717) is 19.2 Å². The molecular weight excluding hydrogens is 526 g/mol. The Labute approximate surface area is 260 Å². The van der Waals surface area contributed by atoms with Crippen molar-refractivity contribution < 1.29 is 14.4 Å². The number of likely N-dealkylation sites (tertiary alicyclic amines) is 1. The molecule has 0 radical (unpaired) electrons. The van der Waals surface area contributed by atoms with Gasteiger partial charge in [0.15, 0.2) is 0 Å². The van der Waals surface area contributed by atoms with E-state index in [9.17, 15) is 9.59 Å². The molecule has 42 heavy (non-hydrogen) atoms. The van der Waals surface area contributed by atoms with Gasteiger partial charge < -0.3 is 20.0 Å². The molecule has 2 atom stereocenters. The van der Waals surface area contributed by atoms with Crippen LogP contribution in [0.15, 0.2) is 0 Å². The van der Waals surface area contributed by atoms with E-state index in [1.807, 2.05) is 19.0 Å². The van der Waals surface area contributed by atoms with Crippen molar-refractivity contribution in [2.24, 2.45) is 0 Å². The first-order chi connectivity index (χ1) is 20.4. The number of nitrogens with one attached hydrogen (secondary N) is 1. The van der Waals surface area contributed by atoms with Crippen molar-refractivity contribution in [3.8, 4) is 0 Å². The molecule has 0 aromatic carbocycles. The van der Waals surface area contributed by atoms with E-state index < -0.39 is 0 Å². The minimum Gasteiger partial charge on any atom is -0.338 e. The van der Waals surface area contributed by atoms with Crippen LogP contribution < -0.4 is 5.32 Å². The topological polar surface area (TPSA) is 68.4 Å². The second-order valence-electron chi connectivity index (χ2n) is 13.0. The van der Waals surface area contributed by atoms with E-state index in [1.54, 1.807) is 0 Å². The first-order valence-electron chi connectivity index (χ1n) is 17.6. The minimum absolute atomic E-state index is 0.0522. The lowest BCUT2D eigenvalue weighted by Crippen LogP contribution is -2.54. The van der Waals surface area contributed by atoms with Gasteiger partial charge in [0.05, 0.1) is 6.61 Å². The third kappa shape index (κ3) is 19.7. The molecule has 0 bridgehead atoms. The van der Waals surface area contributed by atoms with Crippen molar-refractivity contribution in [2.45, 2.75) is 147 Å². The van der Waals surface area contributed by atoms with Gasteiger partial charge in [0.2, 0.25) is 6.41 Å². The Balaban J connectivity index is 2.17. The van der Waals surface area contributed by atoms with Crippen molar-refractivity contribution >= 4 is 12.4 Å². The molecule has 248 valence electrons. The molecule has 1 rings (SSSR count). The summed E-state index contributed by atoms with van der Waals surface area (Å²) in [6.07, 6.45) is 26.0. The lowest BCUT2D eigenvalue weighted by molar-refractivity contribution is -0.174. The monoisotopic (exact) mass is 596 g/mol. The number of rotatable bonds is 27. The number of piperidine rings is 1. The predicted molar refractivity (Wildman–Crippen MR) is 177 cm³/mol. The Morgan fingerprint density at radius 1 is 0.810 bits per heavy atom. The van der Waals surface area contributed by atoms with E-state index in [-0.39, 0.29) is 12.1 Å². The molecule has 1 aliphatic rings. The summed E-state index contributed by atoms with van der Waals surface area (Å²) in [5.41, 5.74) is 0. The molecule has 1 saturated heterocycles. The minimum atomic E-state index is 0.0522. The second-order valence-corrected chi connectivity index (χ2v) is 13.0. The number of nitrogens with zero attached hydrogens (tertiary/aromatic N) is 4. The van der Waals surface area contributed by atoms with Gasteiger partial charge in [-0.1, -0.05) is 103 Å². The average molecular weight is 596 g/mol. The van der Waals surface area contributed by atoms with E-state index in [1.165, 1.54) is 101 Å². The van der Waals surface area contributed by atoms with Crippen molar-refractivity contribution in [2.75, 3.05) is 61.0 Å². The first kappa shape index (κ1) is 38.6. The Bertz CT molecular complexity index is 649. The van der Waals surface area contributed by atoms with Crippen LogP contribution in [0.25, 0.3) is 0 Å². The summed E-state index contributed by atoms with van der Waals surface area (Å²) in [5, 5.41) is 4.59. The highest BCUT2D eigenvalue weighted by Gasteiger charge is 2.32. The highest BCUT2D eigenvalue weighted by Crippen LogP contribution is 2.23. The largest absolute Gasteiger partial charge is 0.338 e. The van der Waals surface area contributed by atoms with Gasteiger partial charge in [-0.05, 0) is 66.8 Å². The molecule has 0 aromatic heterocycles. The Morgan fingerprint density at radius 2 is 1.36 bits per heavy atom. The smallest absolute Gasteiger partial charge is 0.317 e. The molecule has 0 spiro atoms. The zero-order valence-corrected chi connectivity index (χ0v) is 28.4. The van der Waals surface area contributed by atoms with Crippen LogP contribution in [0.3, 0.4) is 0 Å². The second kappa shape index (κ2) is 26.1. The number of hydrogen-bond donors (Lipinski definition) is 1. The summed E-state index contributed by atoms with van der Waals surface area (Å²) < 4.78 is 0. The van der Waals surface area contributed by atoms with Crippen molar-refractivity contribution in [3.63, 3.8) is 0 Å². The number of urea groups is 1. The predicted octanol–water partition coefficient (Wildman–Crippen LogP) is 7.08. The fourth-order valence-corrected chi connectivity index (χ4v) is 6.01. The summed E-state index contributed by atoms with van der Waals surface area (Å²) in [6, 6.07) is 0.630. The van der Waals surface area contributed by atoms with Crippen LogP contribution in [0.2, 0.25) is 0 Å². The number of unbranched alkanes of at least 4 members (excludes halogenated alkanes) is 15. The van der Waals surface area contributed by atoms with Crippen LogP contribution in [-0.4, -0.2) is 105 Å². The molecule has 0 aliphatic carbocycles. The van der Waals surface area contributed by atoms with Gasteiger partial charge in [-0.25, -0.2) is 9.86 Å². The van der Waals surface area contributed by atoms with E-state index in [4.69, 9.17) is 4.84 Å². The molecule has 2 unspecified atom stereocenters. The standard InChI is InChI=1S/C34H69N5O3/c1-6-7-8-9-10-11-12-13-14-15-16-17-18-19-20-21-25-35-34(41)39-28-23-32(37(4)5)30-33(39)24-29-42-38(31-40)27-22-26-36(2)3/h31-33H,6-30H2,1-5H3,(H,35,41). The molecule has 1 heterocycles. The first-order valence-corrected chi connectivity index (χ1v) is 17.6. The number of hydrogen-bond acceptors (Lipinski definition) is 5. The number of carbonyl (C=O) groups is 2. The molecule has 1 aliphatic heterocycles. The summed E-state index contributed by atoms with van der Waals surface area (Å²) in [4.78, 5) is 36.7. The normalized spacial score (nSPS) is 17.3. The van der Waals surface area contributed by atoms with Gasteiger partial charge in [0.25, 0.3) is 0 Å². The van der Waals surface area contributed by atoms with Crippen molar-refractivity contribution in [3.05, 3.63) is 0 Å². The molecule has 0 saturated carbocycles. The number of amides is 3. The Kier molecular flexibility index (Phi) is 24.0. The molecule has 0 aromatic rings. The van der Waals surface area contributed by atoms with Crippen LogP contribution in [0.5, 0.6) is 0 Å². The maximum absolute atomic E-state index is 13.1.